The molecule has 10 aliphatic rings. The van der Waals surface area contributed by atoms with Gasteiger partial charge in [-0.15, -0.1) is 0 Å². The standard InChI is InChI=1S/C27H45NO2.C27H43NO2/c2*1-16(15-28)5-8-23-17(2)25-24(30-23)14-22-20-7-6-18-13-19(29)9-11-26(18,3)21(20)10-12-27(22,25)4/h17-25,29H,1,5-15,28H2,2-4H3;17-18,20-25H,1,5-15,28H2,2-4H3/t17-,18?,19?,20-,21+,22+,23?,24+,25+,26+,27+;17-,18?,20-,21+,22+,23?,24+,25+,26+,27+/m11/s1. The lowest BCUT2D eigenvalue weighted by molar-refractivity contribution is -0.140. The molecule has 0 aromatic carbocycles. The second-order valence-corrected chi connectivity index (χ2v) is 24.7. The molecule has 10 rings (SSSR count). The highest BCUT2D eigenvalue weighted by molar-refractivity contribution is 5.79. The van der Waals surface area contributed by atoms with Crippen LogP contribution in [0.5, 0.6) is 0 Å². The lowest BCUT2D eigenvalue weighted by atomic mass is 9.44. The quantitative estimate of drug-likeness (QED) is 0.210. The SMILES string of the molecule is C=C(CN)CCC1O[C@H]2C[C@H]3[C@@H]4CCC5CC(=O)CC[C@]5(C)[C@H]4CC[C@]3(C)[C@H]2[C@@H]1C.C=C(CN)CCC1O[C@H]2C[C@H]3[C@@H]4CCC5CC(O)CC[C@]5(C)[C@H]4CC[C@]3(C)[C@H]2[C@@H]1C. The number of hydrogen-bond acceptors (Lipinski definition) is 6. The summed E-state index contributed by atoms with van der Waals surface area (Å²) in [5.41, 5.74) is 15.6. The third-order valence-electron chi connectivity index (χ3n) is 22.4. The zero-order valence-corrected chi connectivity index (χ0v) is 39.1. The normalized spacial score (nSPS) is 53.5. The molecule has 21 atom stereocenters. The van der Waals surface area contributed by atoms with Crippen molar-refractivity contribution in [2.24, 2.45) is 104 Å². The van der Waals surface area contributed by atoms with E-state index in [4.69, 9.17) is 20.9 Å². The van der Waals surface area contributed by atoms with Crippen LogP contribution in [0, 0.1) is 92.7 Å². The molecule has 8 saturated carbocycles. The van der Waals surface area contributed by atoms with Gasteiger partial charge in [0, 0.05) is 25.9 Å². The van der Waals surface area contributed by atoms with Crippen molar-refractivity contribution in [1.82, 2.24) is 0 Å². The summed E-state index contributed by atoms with van der Waals surface area (Å²) in [4.78, 5) is 12.1. The maximum atomic E-state index is 12.1. The van der Waals surface area contributed by atoms with Crippen molar-refractivity contribution in [1.29, 1.82) is 0 Å². The minimum atomic E-state index is -0.0409. The summed E-state index contributed by atoms with van der Waals surface area (Å²) in [6, 6.07) is 0. The summed E-state index contributed by atoms with van der Waals surface area (Å²) < 4.78 is 13.5. The molecular formula is C54H88N2O4. The van der Waals surface area contributed by atoms with Crippen LogP contribution in [0.4, 0.5) is 0 Å². The summed E-state index contributed by atoms with van der Waals surface area (Å²) in [6.45, 7) is 24.8. The van der Waals surface area contributed by atoms with Gasteiger partial charge in [0.1, 0.15) is 5.78 Å². The maximum Gasteiger partial charge on any atom is 0.133 e. The van der Waals surface area contributed by atoms with Gasteiger partial charge in [-0.25, -0.2) is 0 Å². The van der Waals surface area contributed by atoms with Crippen molar-refractivity contribution in [3.8, 4) is 0 Å². The second-order valence-electron chi connectivity index (χ2n) is 24.7. The predicted octanol–water partition coefficient (Wildman–Crippen LogP) is 10.8. The number of Topliss-reactive ketones (excluding diaryl/α,β-unsaturated/α-hetero) is 1. The largest absolute Gasteiger partial charge is 0.393 e. The van der Waals surface area contributed by atoms with E-state index in [-0.39, 0.29) is 6.10 Å². The fourth-order valence-corrected chi connectivity index (χ4v) is 19.2. The number of ether oxygens (including phenoxy) is 2. The third kappa shape index (κ3) is 7.06. The monoisotopic (exact) mass is 829 g/mol. The molecule has 0 amide bonds. The van der Waals surface area contributed by atoms with Crippen LogP contribution in [0.3, 0.4) is 0 Å². The predicted molar refractivity (Wildman–Crippen MR) is 243 cm³/mol. The van der Waals surface area contributed by atoms with Crippen molar-refractivity contribution in [2.75, 3.05) is 13.1 Å². The van der Waals surface area contributed by atoms with E-state index in [1.165, 1.54) is 70.6 Å². The molecule has 2 aliphatic heterocycles. The highest BCUT2D eigenvalue weighted by Gasteiger charge is 2.67. The van der Waals surface area contributed by atoms with Gasteiger partial charge in [0.05, 0.1) is 30.5 Å². The second kappa shape index (κ2) is 16.4. The molecule has 338 valence electrons. The van der Waals surface area contributed by atoms with Crippen molar-refractivity contribution in [3.05, 3.63) is 24.3 Å². The minimum absolute atomic E-state index is 0.0409. The van der Waals surface area contributed by atoms with Crippen LogP contribution in [0.15, 0.2) is 24.3 Å². The third-order valence-corrected chi connectivity index (χ3v) is 22.4. The van der Waals surface area contributed by atoms with Gasteiger partial charge in [-0.2, -0.15) is 0 Å². The Kier molecular flexibility index (Phi) is 12.1. The van der Waals surface area contributed by atoms with E-state index in [0.717, 1.165) is 122 Å². The molecule has 6 heteroatoms. The minimum Gasteiger partial charge on any atom is -0.393 e. The Labute approximate surface area is 366 Å². The summed E-state index contributed by atoms with van der Waals surface area (Å²) in [6.07, 6.45) is 25.6. The molecule has 0 spiro atoms. The van der Waals surface area contributed by atoms with Crippen LogP contribution in [-0.2, 0) is 14.3 Å². The molecule has 60 heavy (non-hydrogen) atoms. The molecule has 6 nitrogen and oxygen atoms in total. The fraction of sp³-hybridized carbons (Fsp3) is 0.907. The zero-order chi connectivity index (χ0) is 42.5. The molecule has 8 aliphatic carbocycles. The van der Waals surface area contributed by atoms with Crippen LogP contribution < -0.4 is 11.5 Å². The number of aliphatic hydroxyl groups is 1. The molecule has 10 fully saturated rings. The van der Waals surface area contributed by atoms with Crippen molar-refractivity contribution in [3.63, 3.8) is 0 Å². The number of fused-ring (bicyclic) bond motifs is 14. The van der Waals surface area contributed by atoms with Gasteiger partial charge in [-0.05, 0) is 208 Å². The first-order valence-electron chi connectivity index (χ1n) is 25.8. The van der Waals surface area contributed by atoms with E-state index < -0.39 is 0 Å². The molecule has 0 aromatic heterocycles. The summed E-state index contributed by atoms with van der Waals surface area (Å²) in [7, 11) is 0. The summed E-state index contributed by atoms with van der Waals surface area (Å²) >= 11 is 0. The number of carbonyl (C=O) groups excluding carboxylic acids is 1. The van der Waals surface area contributed by atoms with Gasteiger partial charge in [-0.3, -0.25) is 4.79 Å². The van der Waals surface area contributed by atoms with Crippen LogP contribution in [-0.4, -0.2) is 54.5 Å². The van der Waals surface area contributed by atoms with Gasteiger partial charge < -0.3 is 26.0 Å². The molecule has 0 aromatic rings. The van der Waals surface area contributed by atoms with Crippen LogP contribution in [0.2, 0.25) is 0 Å². The first-order chi connectivity index (χ1) is 28.5. The van der Waals surface area contributed by atoms with E-state index >= 15 is 0 Å². The lowest BCUT2D eigenvalue weighted by Crippen LogP contribution is -2.54. The van der Waals surface area contributed by atoms with Gasteiger partial charge in [0.25, 0.3) is 0 Å². The van der Waals surface area contributed by atoms with E-state index in [2.05, 4.69) is 54.7 Å². The van der Waals surface area contributed by atoms with Gasteiger partial charge in [0.2, 0.25) is 0 Å². The van der Waals surface area contributed by atoms with Crippen LogP contribution in [0.25, 0.3) is 0 Å². The van der Waals surface area contributed by atoms with Gasteiger partial charge >= 0.3 is 0 Å². The Morgan fingerprint density at radius 3 is 1.60 bits per heavy atom. The molecule has 2 heterocycles. The highest BCUT2D eigenvalue weighted by Crippen LogP contribution is 2.72. The number of ketones is 1. The Morgan fingerprint density at radius 2 is 1.10 bits per heavy atom. The molecule has 0 radical (unpaired) electrons. The Balaban J connectivity index is 0.000000154. The number of rotatable bonds is 8. The van der Waals surface area contributed by atoms with Crippen molar-refractivity contribution >= 4 is 5.78 Å². The Hall–Kier alpha value is -1.05. The van der Waals surface area contributed by atoms with Gasteiger partial charge in [-0.1, -0.05) is 65.8 Å². The van der Waals surface area contributed by atoms with E-state index in [9.17, 15) is 9.90 Å². The van der Waals surface area contributed by atoms with Crippen LogP contribution in [0.1, 0.15) is 170 Å². The fourth-order valence-electron chi connectivity index (χ4n) is 19.2. The van der Waals surface area contributed by atoms with Crippen molar-refractivity contribution < 1.29 is 19.4 Å². The summed E-state index contributed by atoms with van der Waals surface area (Å²) in [5.74, 6) is 9.81. The van der Waals surface area contributed by atoms with E-state index in [1.807, 2.05) is 0 Å². The summed E-state index contributed by atoms with van der Waals surface area (Å²) in [5, 5.41) is 10.3. The van der Waals surface area contributed by atoms with Gasteiger partial charge in [0.15, 0.2) is 0 Å². The molecule has 0 bridgehead atoms. The van der Waals surface area contributed by atoms with Crippen molar-refractivity contribution in [2.45, 2.75) is 200 Å². The maximum absolute atomic E-state index is 12.1. The number of nitrogens with two attached hydrogens (primary N) is 2. The number of hydrogen-bond donors (Lipinski definition) is 3. The first-order valence-corrected chi connectivity index (χ1v) is 25.8. The Bertz CT molecular complexity index is 1630. The molecule has 2 saturated heterocycles. The molecule has 5 N–H and O–H groups in total. The average molecular weight is 829 g/mol. The van der Waals surface area contributed by atoms with E-state index in [1.54, 1.807) is 0 Å². The topological polar surface area (TPSA) is 108 Å². The lowest BCUT2D eigenvalue weighted by Gasteiger charge is -2.61. The van der Waals surface area contributed by atoms with Crippen LogP contribution >= 0.6 is 0 Å². The van der Waals surface area contributed by atoms with E-state index in [0.29, 0.717) is 82.7 Å². The smallest absolute Gasteiger partial charge is 0.133 e. The molecule has 5 unspecified atom stereocenters. The number of carbonyl (C=O) groups is 1. The first kappa shape index (κ1) is 44.2. The molecular weight excluding hydrogens is 741 g/mol. The number of aliphatic hydroxyl groups excluding tert-OH is 1. The Morgan fingerprint density at radius 1 is 0.633 bits per heavy atom. The zero-order valence-electron chi connectivity index (χ0n) is 39.1. The average Bonchev–Trinajstić information content (AvgIpc) is 3.92. The highest BCUT2D eigenvalue weighted by atomic mass is 16.5.